The van der Waals surface area contributed by atoms with Gasteiger partial charge in [-0.2, -0.15) is 0 Å². The third-order valence-corrected chi connectivity index (χ3v) is 16.5. The number of rotatable bonds is 67. The highest BCUT2D eigenvalue weighted by molar-refractivity contribution is 5.71. The van der Waals surface area contributed by atoms with Crippen LogP contribution >= 0.6 is 0 Å². The summed E-state index contributed by atoms with van der Waals surface area (Å²) in [6.45, 7) is 6.73. The fourth-order valence-electron chi connectivity index (χ4n) is 11.2. The van der Waals surface area contributed by atoms with E-state index in [1.165, 1.54) is 308 Å². The van der Waals surface area contributed by atoms with E-state index in [2.05, 4.69) is 32.9 Å². The Hall–Kier alpha value is -1.85. The molecule has 0 fully saturated rings. The van der Waals surface area contributed by atoms with E-state index in [4.69, 9.17) is 14.2 Å². The second-order valence-corrected chi connectivity index (χ2v) is 24.5. The molecule has 0 saturated carbocycles. The third kappa shape index (κ3) is 65.0. The van der Waals surface area contributed by atoms with Crippen LogP contribution in [0.15, 0.2) is 12.2 Å². The summed E-state index contributed by atoms with van der Waals surface area (Å²) in [7, 11) is 0. The van der Waals surface area contributed by atoms with E-state index in [-0.39, 0.29) is 31.1 Å². The van der Waals surface area contributed by atoms with Crippen molar-refractivity contribution < 1.29 is 28.6 Å². The van der Waals surface area contributed by atoms with Gasteiger partial charge in [-0.25, -0.2) is 0 Å². The van der Waals surface area contributed by atoms with Gasteiger partial charge >= 0.3 is 17.9 Å². The lowest BCUT2D eigenvalue weighted by Gasteiger charge is -2.18. The maximum absolute atomic E-state index is 12.9. The van der Waals surface area contributed by atoms with Crippen molar-refractivity contribution >= 4 is 17.9 Å². The number of unbranched alkanes of at least 4 members (excludes halogenated alkanes) is 54. The molecule has 6 nitrogen and oxygen atoms in total. The Morgan fingerprint density at radius 1 is 0.244 bits per heavy atom. The highest BCUT2D eigenvalue weighted by Gasteiger charge is 2.19. The first kappa shape index (κ1) is 76.1. The molecule has 0 heterocycles. The zero-order chi connectivity index (χ0) is 56.4. The lowest BCUT2D eigenvalue weighted by Crippen LogP contribution is -2.30. The van der Waals surface area contributed by atoms with Gasteiger partial charge in [0.25, 0.3) is 0 Å². The van der Waals surface area contributed by atoms with Gasteiger partial charge in [0.15, 0.2) is 6.10 Å². The largest absolute Gasteiger partial charge is 0.462 e. The maximum Gasteiger partial charge on any atom is 0.306 e. The first-order chi connectivity index (χ1) is 38.5. The molecular weight excluding hydrogens is 961 g/mol. The maximum atomic E-state index is 12.9. The summed E-state index contributed by atoms with van der Waals surface area (Å²) < 4.78 is 17.0. The molecule has 1 atom stereocenters. The van der Waals surface area contributed by atoms with Crippen LogP contribution < -0.4 is 0 Å². The molecule has 0 aliphatic carbocycles. The minimum Gasteiger partial charge on any atom is -0.462 e. The molecule has 6 heteroatoms. The van der Waals surface area contributed by atoms with Crippen LogP contribution in [-0.4, -0.2) is 37.2 Å². The second kappa shape index (κ2) is 67.7. The van der Waals surface area contributed by atoms with Crippen LogP contribution in [0.2, 0.25) is 0 Å². The van der Waals surface area contributed by atoms with Gasteiger partial charge in [-0.1, -0.05) is 360 Å². The van der Waals surface area contributed by atoms with Crippen molar-refractivity contribution in [1.29, 1.82) is 0 Å². The fourth-order valence-corrected chi connectivity index (χ4v) is 11.2. The van der Waals surface area contributed by atoms with Gasteiger partial charge in [0.05, 0.1) is 0 Å². The molecule has 0 aromatic rings. The van der Waals surface area contributed by atoms with Crippen LogP contribution in [0.3, 0.4) is 0 Å². The van der Waals surface area contributed by atoms with Crippen molar-refractivity contribution in [2.24, 2.45) is 0 Å². The zero-order valence-corrected chi connectivity index (χ0v) is 53.2. The van der Waals surface area contributed by atoms with Crippen LogP contribution in [0, 0.1) is 0 Å². The summed E-state index contributed by atoms with van der Waals surface area (Å²) in [4.78, 5) is 38.4. The van der Waals surface area contributed by atoms with Gasteiger partial charge in [-0.15, -0.1) is 0 Å². The molecule has 0 rings (SSSR count). The first-order valence-corrected chi connectivity index (χ1v) is 35.7. The number of allylic oxidation sites excluding steroid dienone is 2. The highest BCUT2D eigenvalue weighted by Crippen LogP contribution is 2.19. The summed E-state index contributed by atoms with van der Waals surface area (Å²) >= 11 is 0. The second-order valence-electron chi connectivity index (χ2n) is 24.5. The van der Waals surface area contributed by atoms with Crippen molar-refractivity contribution in [2.45, 2.75) is 419 Å². The first-order valence-electron chi connectivity index (χ1n) is 35.7. The van der Waals surface area contributed by atoms with Gasteiger partial charge < -0.3 is 14.2 Å². The summed E-state index contributed by atoms with van der Waals surface area (Å²) in [5.41, 5.74) is 0. The Morgan fingerprint density at radius 3 is 0.641 bits per heavy atom. The van der Waals surface area contributed by atoms with Gasteiger partial charge in [0.2, 0.25) is 0 Å². The van der Waals surface area contributed by atoms with E-state index in [9.17, 15) is 14.4 Å². The minimum absolute atomic E-state index is 0.0655. The van der Waals surface area contributed by atoms with Gasteiger partial charge in [-0.3, -0.25) is 14.4 Å². The molecular formula is C72H138O6. The normalized spacial score (nSPS) is 12.0. The van der Waals surface area contributed by atoms with Crippen molar-refractivity contribution in [3.8, 4) is 0 Å². The molecule has 78 heavy (non-hydrogen) atoms. The van der Waals surface area contributed by atoms with Crippen molar-refractivity contribution in [2.75, 3.05) is 13.2 Å². The molecule has 0 bridgehead atoms. The highest BCUT2D eigenvalue weighted by atomic mass is 16.6. The van der Waals surface area contributed by atoms with Crippen LogP contribution in [-0.2, 0) is 28.6 Å². The molecule has 0 aromatic heterocycles. The molecule has 0 amide bonds. The van der Waals surface area contributed by atoms with Crippen molar-refractivity contribution in [1.82, 2.24) is 0 Å². The molecule has 0 aliphatic rings. The van der Waals surface area contributed by atoms with E-state index >= 15 is 0 Å². The van der Waals surface area contributed by atoms with E-state index in [0.717, 1.165) is 64.2 Å². The molecule has 0 aliphatic heterocycles. The van der Waals surface area contributed by atoms with Gasteiger partial charge in [0, 0.05) is 19.3 Å². The Kier molecular flexibility index (Phi) is 66.0. The van der Waals surface area contributed by atoms with E-state index < -0.39 is 6.10 Å². The summed E-state index contributed by atoms with van der Waals surface area (Å²) in [5, 5.41) is 0. The topological polar surface area (TPSA) is 78.9 Å². The van der Waals surface area contributed by atoms with Crippen molar-refractivity contribution in [3.05, 3.63) is 12.2 Å². The summed E-state index contributed by atoms with van der Waals surface area (Å²) in [6, 6.07) is 0. The average molecular weight is 1100 g/mol. The predicted octanol–water partition coefficient (Wildman–Crippen LogP) is 24.4. The van der Waals surface area contributed by atoms with E-state index in [1.807, 2.05) is 0 Å². The molecule has 0 aromatic carbocycles. The summed E-state index contributed by atoms with van der Waals surface area (Å²) in [5.74, 6) is -0.837. The lowest BCUT2D eigenvalue weighted by molar-refractivity contribution is -0.167. The Morgan fingerprint density at radius 2 is 0.423 bits per heavy atom. The molecule has 0 N–H and O–H groups in total. The quantitative estimate of drug-likeness (QED) is 0.0261. The Balaban J connectivity index is 4.24. The van der Waals surface area contributed by atoms with Crippen LogP contribution in [0.1, 0.15) is 412 Å². The molecule has 0 radical (unpaired) electrons. The minimum atomic E-state index is -0.770. The number of esters is 3. The molecule has 0 saturated heterocycles. The lowest BCUT2D eigenvalue weighted by atomic mass is 10.0. The van der Waals surface area contributed by atoms with Gasteiger partial charge in [-0.05, 0) is 44.9 Å². The molecule has 462 valence electrons. The standard InChI is InChI=1S/C72H138O6/c1-4-7-10-13-16-19-22-25-28-31-33-34-35-36-37-38-40-41-44-47-50-53-56-59-62-65-71(74)77-68-69(67-76-70(73)64-61-58-55-52-49-46-43-30-27-24-21-18-15-12-9-6-3)78-72(75)66-63-60-57-54-51-48-45-42-39-32-29-26-23-20-17-14-11-8-5-2/h30,43,69H,4-29,31-42,44-68H2,1-3H3/b43-30-. The fraction of sp³-hybridized carbons (Fsp3) is 0.931. The third-order valence-electron chi connectivity index (χ3n) is 16.5. The predicted molar refractivity (Wildman–Crippen MR) is 340 cm³/mol. The summed E-state index contributed by atoms with van der Waals surface area (Å²) in [6.07, 6.45) is 81.0. The average Bonchev–Trinajstić information content (AvgIpc) is 3.44. The van der Waals surface area contributed by atoms with Crippen LogP contribution in [0.4, 0.5) is 0 Å². The van der Waals surface area contributed by atoms with Crippen molar-refractivity contribution in [3.63, 3.8) is 0 Å². The number of carbonyl (C=O) groups excluding carboxylic acids is 3. The SMILES string of the molecule is CCCCCCCCC/C=C\CCCCCCCC(=O)OCC(COC(=O)CCCCCCCCCCCCCCCCCCCCCCCCCCC)OC(=O)CCCCCCCCCCCCCCCCCCCCC. The molecule has 0 spiro atoms. The van der Waals surface area contributed by atoms with Crippen LogP contribution in [0.5, 0.6) is 0 Å². The molecule has 1 unspecified atom stereocenters. The smallest absolute Gasteiger partial charge is 0.306 e. The van der Waals surface area contributed by atoms with E-state index in [0.29, 0.717) is 19.3 Å². The number of hydrogen-bond acceptors (Lipinski definition) is 6. The van der Waals surface area contributed by atoms with E-state index in [1.54, 1.807) is 0 Å². The Labute approximate surface area is 488 Å². The Bertz CT molecular complexity index is 1210. The number of carbonyl (C=O) groups is 3. The zero-order valence-electron chi connectivity index (χ0n) is 53.2. The van der Waals surface area contributed by atoms with Crippen LogP contribution in [0.25, 0.3) is 0 Å². The number of hydrogen-bond donors (Lipinski definition) is 0. The number of ether oxygens (including phenoxy) is 3. The monoisotopic (exact) mass is 1100 g/mol. The van der Waals surface area contributed by atoms with Gasteiger partial charge in [0.1, 0.15) is 13.2 Å².